The Morgan fingerprint density at radius 2 is 2.28 bits per heavy atom. The molecule has 98 valence electrons. The average Bonchev–Trinajstić information content (AvgIpc) is 2.92. The van der Waals surface area contributed by atoms with Crippen molar-refractivity contribution < 1.29 is 0 Å². The molecule has 2 rings (SSSR count). The lowest BCUT2D eigenvalue weighted by molar-refractivity contribution is 0.575. The largest absolute Gasteiger partial charge is 0.309 e. The van der Waals surface area contributed by atoms with Crippen LogP contribution in [0.25, 0.3) is 10.6 Å². The van der Waals surface area contributed by atoms with Crippen LogP contribution in [0.1, 0.15) is 36.9 Å². The minimum Gasteiger partial charge on any atom is -0.309 e. The highest BCUT2D eigenvalue weighted by Crippen LogP contribution is 2.31. The number of aryl methyl sites for hydroxylation is 2. The van der Waals surface area contributed by atoms with Crippen LogP contribution < -0.4 is 5.32 Å². The van der Waals surface area contributed by atoms with Crippen LogP contribution >= 0.6 is 11.3 Å². The molecule has 1 N–H and O–H groups in total. The predicted octanol–water partition coefficient (Wildman–Crippen LogP) is 2.91. The second-order valence-corrected chi connectivity index (χ2v) is 5.58. The molecule has 0 aromatic carbocycles. The molecule has 2 aromatic heterocycles. The third-order valence-electron chi connectivity index (χ3n) is 2.88. The Labute approximate surface area is 112 Å². The van der Waals surface area contributed by atoms with Crippen LogP contribution in [0.5, 0.6) is 0 Å². The van der Waals surface area contributed by atoms with Crippen molar-refractivity contribution in [2.24, 2.45) is 7.05 Å². The van der Waals surface area contributed by atoms with Crippen molar-refractivity contribution in [3.05, 3.63) is 23.0 Å². The summed E-state index contributed by atoms with van der Waals surface area (Å²) in [5.41, 5.74) is 2.22. The first-order valence-electron chi connectivity index (χ1n) is 6.31. The summed E-state index contributed by atoms with van der Waals surface area (Å²) in [5.74, 6) is 0. The molecule has 0 amide bonds. The van der Waals surface area contributed by atoms with Crippen molar-refractivity contribution in [3.63, 3.8) is 0 Å². The summed E-state index contributed by atoms with van der Waals surface area (Å²) >= 11 is 1.76. The van der Waals surface area contributed by atoms with Crippen molar-refractivity contribution in [2.45, 2.75) is 33.2 Å². The number of nitrogens with one attached hydrogen (secondary N) is 1. The molecule has 0 bridgehead atoms. The Hall–Kier alpha value is -1.20. The molecule has 0 aliphatic carbocycles. The highest BCUT2D eigenvalue weighted by atomic mass is 32.1. The van der Waals surface area contributed by atoms with E-state index < -0.39 is 0 Å². The van der Waals surface area contributed by atoms with Gasteiger partial charge in [-0.2, -0.15) is 5.10 Å². The standard InChI is InChI=1S/C13H20N4S/c1-5-6-14-9(2)12-10(3)16-13(18-12)11-7-15-17(4)8-11/h7-9,14H,5-6H2,1-4H3. The smallest absolute Gasteiger partial charge is 0.127 e. The van der Waals surface area contributed by atoms with E-state index in [9.17, 15) is 0 Å². The maximum Gasteiger partial charge on any atom is 0.127 e. The molecular weight excluding hydrogens is 244 g/mol. The van der Waals surface area contributed by atoms with Gasteiger partial charge in [-0.3, -0.25) is 4.68 Å². The van der Waals surface area contributed by atoms with Crippen molar-refractivity contribution in [2.75, 3.05) is 6.54 Å². The van der Waals surface area contributed by atoms with Crippen LogP contribution in [0, 0.1) is 6.92 Å². The van der Waals surface area contributed by atoms with Gasteiger partial charge < -0.3 is 5.32 Å². The zero-order valence-electron chi connectivity index (χ0n) is 11.4. The summed E-state index contributed by atoms with van der Waals surface area (Å²) in [6.45, 7) is 7.50. The molecule has 4 nitrogen and oxygen atoms in total. The quantitative estimate of drug-likeness (QED) is 0.903. The van der Waals surface area contributed by atoms with Gasteiger partial charge in [0.05, 0.1) is 11.9 Å². The lowest BCUT2D eigenvalue weighted by Crippen LogP contribution is -2.18. The molecule has 0 fully saturated rings. The molecule has 5 heteroatoms. The van der Waals surface area contributed by atoms with Crippen LogP contribution in [0.15, 0.2) is 12.4 Å². The molecule has 0 saturated carbocycles. The molecular formula is C13H20N4S. The minimum absolute atomic E-state index is 0.368. The first kappa shape index (κ1) is 13.2. The summed E-state index contributed by atoms with van der Waals surface area (Å²) in [5, 5.41) is 8.76. The number of thiazole rings is 1. The Morgan fingerprint density at radius 1 is 1.50 bits per heavy atom. The van der Waals surface area contributed by atoms with Crippen LogP contribution in [0.3, 0.4) is 0 Å². The van der Waals surface area contributed by atoms with Crippen molar-refractivity contribution in [1.82, 2.24) is 20.1 Å². The van der Waals surface area contributed by atoms with Gasteiger partial charge in [0.2, 0.25) is 0 Å². The van der Waals surface area contributed by atoms with Gasteiger partial charge in [-0.05, 0) is 26.8 Å². The maximum atomic E-state index is 4.65. The van der Waals surface area contributed by atoms with E-state index >= 15 is 0 Å². The van der Waals surface area contributed by atoms with Gasteiger partial charge in [0.15, 0.2) is 0 Å². The van der Waals surface area contributed by atoms with E-state index in [2.05, 4.69) is 36.2 Å². The fourth-order valence-electron chi connectivity index (χ4n) is 1.92. The fraction of sp³-hybridized carbons (Fsp3) is 0.538. The first-order chi connectivity index (χ1) is 8.61. The molecule has 18 heavy (non-hydrogen) atoms. The van der Waals surface area contributed by atoms with Gasteiger partial charge in [-0.15, -0.1) is 11.3 Å². The van der Waals surface area contributed by atoms with Crippen LogP contribution in [0.2, 0.25) is 0 Å². The van der Waals surface area contributed by atoms with E-state index in [-0.39, 0.29) is 0 Å². The average molecular weight is 264 g/mol. The van der Waals surface area contributed by atoms with Gasteiger partial charge in [0.1, 0.15) is 5.01 Å². The number of hydrogen-bond donors (Lipinski definition) is 1. The molecule has 0 saturated heterocycles. The number of nitrogens with zero attached hydrogens (tertiary/aromatic N) is 3. The lowest BCUT2D eigenvalue weighted by Gasteiger charge is -2.11. The minimum atomic E-state index is 0.368. The van der Waals surface area contributed by atoms with E-state index in [0.29, 0.717) is 6.04 Å². The van der Waals surface area contributed by atoms with E-state index in [0.717, 1.165) is 29.2 Å². The van der Waals surface area contributed by atoms with Crippen LogP contribution in [0.4, 0.5) is 0 Å². The second kappa shape index (κ2) is 5.63. The van der Waals surface area contributed by atoms with Crippen LogP contribution in [-0.4, -0.2) is 21.3 Å². The van der Waals surface area contributed by atoms with E-state index in [1.54, 1.807) is 11.3 Å². The molecule has 0 radical (unpaired) electrons. The molecule has 1 unspecified atom stereocenters. The number of hydrogen-bond acceptors (Lipinski definition) is 4. The summed E-state index contributed by atoms with van der Waals surface area (Å²) in [6, 6.07) is 0.368. The Kier molecular flexibility index (Phi) is 4.14. The highest BCUT2D eigenvalue weighted by molar-refractivity contribution is 7.15. The monoisotopic (exact) mass is 264 g/mol. The topological polar surface area (TPSA) is 42.7 Å². The maximum absolute atomic E-state index is 4.65. The molecule has 0 spiro atoms. The molecule has 0 aliphatic rings. The van der Waals surface area contributed by atoms with Gasteiger partial charge in [0.25, 0.3) is 0 Å². The molecule has 0 aliphatic heterocycles. The summed E-state index contributed by atoms with van der Waals surface area (Å²) in [7, 11) is 1.93. The van der Waals surface area contributed by atoms with E-state index in [4.69, 9.17) is 0 Å². The van der Waals surface area contributed by atoms with Crippen molar-refractivity contribution in [1.29, 1.82) is 0 Å². The third kappa shape index (κ3) is 2.79. The van der Waals surface area contributed by atoms with Gasteiger partial charge in [-0.1, -0.05) is 6.92 Å². The second-order valence-electron chi connectivity index (χ2n) is 4.55. The normalized spacial score (nSPS) is 12.9. The van der Waals surface area contributed by atoms with E-state index in [1.807, 2.05) is 24.1 Å². The summed E-state index contributed by atoms with van der Waals surface area (Å²) in [4.78, 5) is 5.97. The zero-order valence-corrected chi connectivity index (χ0v) is 12.2. The van der Waals surface area contributed by atoms with Crippen molar-refractivity contribution in [3.8, 4) is 10.6 Å². The zero-order chi connectivity index (χ0) is 13.1. The molecule has 1 atom stereocenters. The van der Waals surface area contributed by atoms with Crippen LogP contribution in [-0.2, 0) is 7.05 Å². The van der Waals surface area contributed by atoms with E-state index in [1.165, 1.54) is 4.88 Å². The first-order valence-corrected chi connectivity index (χ1v) is 7.13. The van der Waals surface area contributed by atoms with Gasteiger partial charge >= 0.3 is 0 Å². The summed E-state index contributed by atoms with van der Waals surface area (Å²) < 4.78 is 1.81. The fourth-order valence-corrected chi connectivity index (χ4v) is 2.99. The molecule has 2 heterocycles. The Bertz CT molecular complexity index is 515. The summed E-state index contributed by atoms with van der Waals surface area (Å²) in [6.07, 6.45) is 5.02. The Balaban J connectivity index is 2.21. The van der Waals surface area contributed by atoms with Gasteiger partial charge in [-0.25, -0.2) is 4.98 Å². The van der Waals surface area contributed by atoms with Gasteiger partial charge in [0, 0.05) is 29.7 Å². The Morgan fingerprint density at radius 3 is 2.89 bits per heavy atom. The number of aromatic nitrogens is 3. The third-order valence-corrected chi connectivity index (χ3v) is 4.27. The SMILES string of the molecule is CCCNC(C)c1sc(-c2cnn(C)c2)nc1C. The number of rotatable bonds is 5. The molecule has 2 aromatic rings. The van der Waals surface area contributed by atoms with Crippen molar-refractivity contribution >= 4 is 11.3 Å². The lowest BCUT2D eigenvalue weighted by atomic mass is 10.2. The highest BCUT2D eigenvalue weighted by Gasteiger charge is 2.15. The predicted molar refractivity (Wildman–Crippen MR) is 75.8 cm³/mol.